The van der Waals surface area contributed by atoms with Crippen molar-refractivity contribution in [2.75, 3.05) is 17.3 Å². The quantitative estimate of drug-likeness (QED) is 0.778. The van der Waals surface area contributed by atoms with Crippen LogP contribution in [0.4, 0.5) is 17.3 Å². The van der Waals surface area contributed by atoms with Gasteiger partial charge < -0.3 is 10.2 Å². The molecule has 24 heavy (non-hydrogen) atoms. The first-order valence-electron chi connectivity index (χ1n) is 7.98. The highest BCUT2D eigenvalue weighted by Crippen LogP contribution is 2.23. The molecule has 0 aliphatic carbocycles. The van der Waals surface area contributed by atoms with Gasteiger partial charge in [-0.2, -0.15) is 4.98 Å². The van der Waals surface area contributed by atoms with Gasteiger partial charge in [0.05, 0.1) is 29.0 Å². The number of nitrogens with one attached hydrogen (secondary N) is 1. The van der Waals surface area contributed by atoms with E-state index in [2.05, 4.69) is 52.2 Å². The van der Waals surface area contributed by atoms with E-state index in [0.29, 0.717) is 12.0 Å². The van der Waals surface area contributed by atoms with Crippen LogP contribution in [0, 0.1) is 6.92 Å². The van der Waals surface area contributed by atoms with Crippen LogP contribution in [0.1, 0.15) is 19.5 Å². The smallest absolute Gasteiger partial charge is 0.247 e. The molecule has 6 heteroatoms. The molecule has 124 valence electrons. The Hall–Kier alpha value is -2.89. The number of benzene rings is 1. The summed E-state index contributed by atoms with van der Waals surface area (Å²) in [6.07, 6.45) is 3.58. The van der Waals surface area contributed by atoms with E-state index < -0.39 is 0 Å². The van der Waals surface area contributed by atoms with Crippen LogP contribution in [-0.2, 0) is 0 Å². The normalized spacial score (nSPS) is 10.9. The van der Waals surface area contributed by atoms with Crippen LogP contribution >= 0.6 is 0 Å². The van der Waals surface area contributed by atoms with E-state index in [0.717, 1.165) is 22.8 Å². The summed E-state index contributed by atoms with van der Waals surface area (Å²) in [4.78, 5) is 11.0. The molecule has 1 aromatic carbocycles. The Morgan fingerprint density at radius 1 is 1.12 bits per heavy atom. The number of hydrogen-bond donors (Lipinski definition) is 1. The summed E-state index contributed by atoms with van der Waals surface area (Å²) in [5, 5.41) is 7.74. The van der Waals surface area contributed by atoms with Crippen molar-refractivity contribution < 1.29 is 0 Å². The van der Waals surface area contributed by atoms with Gasteiger partial charge in [0.25, 0.3) is 0 Å². The third-order valence-corrected chi connectivity index (χ3v) is 4.01. The SMILES string of the molecule is Cc1ncc(N(C)C(C)C)cc1Nc1ncn(-c2ccccc2)n1. The first kappa shape index (κ1) is 16.0. The summed E-state index contributed by atoms with van der Waals surface area (Å²) < 4.78 is 1.75. The van der Waals surface area contributed by atoms with Gasteiger partial charge in [0.15, 0.2) is 0 Å². The highest BCUT2D eigenvalue weighted by molar-refractivity contribution is 5.63. The van der Waals surface area contributed by atoms with Gasteiger partial charge in [-0.05, 0) is 39.0 Å². The maximum absolute atomic E-state index is 4.48. The number of aromatic nitrogens is 4. The molecule has 0 atom stereocenters. The largest absolute Gasteiger partial charge is 0.371 e. The maximum Gasteiger partial charge on any atom is 0.247 e. The minimum atomic E-state index is 0.401. The summed E-state index contributed by atoms with van der Waals surface area (Å²) in [6, 6.07) is 12.4. The molecule has 0 aliphatic rings. The van der Waals surface area contributed by atoms with Crippen molar-refractivity contribution in [1.82, 2.24) is 19.7 Å². The van der Waals surface area contributed by atoms with Crippen LogP contribution in [0.2, 0.25) is 0 Å². The van der Waals surface area contributed by atoms with Crippen LogP contribution in [0.5, 0.6) is 0 Å². The molecule has 0 amide bonds. The van der Waals surface area contributed by atoms with E-state index in [1.54, 1.807) is 11.0 Å². The molecular weight excluding hydrogens is 300 g/mol. The first-order valence-corrected chi connectivity index (χ1v) is 7.98. The molecule has 0 spiro atoms. The highest BCUT2D eigenvalue weighted by atomic mass is 15.4. The Bertz CT molecular complexity index is 809. The van der Waals surface area contributed by atoms with E-state index in [4.69, 9.17) is 0 Å². The van der Waals surface area contributed by atoms with E-state index in [1.807, 2.05) is 43.5 Å². The van der Waals surface area contributed by atoms with E-state index in [-0.39, 0.29) is 0 Å². The molecule has 0 unspecified atom stereocenters. The lowest BCUT2D eigenvalue weighted by atomic mass is 10.2. The number of nitrogens with zero attached hydrogens (tertiary/aromatic N) is 5. The van der Waals surface area contributed by atoms with Gasteiger partial charge in [0, 0.05) is 13.1 Å². The van der Waals surface area contributed by atoms with Crippen molar-refractivity contribution in [2.24, 2.45) is 0 Å². The van der Waals surface area contributed by atoms with Gasteiger partial charge in [0.1, 0.15) is 6.33 Å². The number of rotatable bonds is 5. The average Bonchev–Trinajstić information content (AvgIpc) is 3.05. The minimum absolute atomic E-state index is 0.401. The van der Waals surface area contributed by atoms with Gasteiger partial charge >= 0.3 is 0 Å². The standard InChI is InChI=1S/C18H22N6/c1-13(2)23(4)16-10-17(14(3)19-11-16)21-18-20-12-24(22-18)15-8-6-5-7-9-15/h5-13H,1-4H3,(H,21,22). The van der Waals surface area contributed by atoms with E-state index in [1.165, 1.54) is 0 Å². The van der Waals surface area contributed by atoms with Gasteiger partial charge in [0.2, 0.25) is 5.95 Å². The Morgan fingerprint density at radius 2 is 1.88 bits per heavy atom. The number of hydrogen-bond acceptors (Lipinski definition) is 5. The van der Waals surface area contributed by atoms with Gasteiger partial charge in [-0.3, -0.25) is 4.98 Å². The summed E-state index contributed by atoms with van der Waals surface area (Å²) >= 11 is 0. The fraction of sp³-hybridized carbons (Fsp3) is 0.278. The number of para-hydroxylation sites is 1. The molecule has 6 nitrogen and oxygen atoms in total. The van der Waals surface area contributed by atoms with Crippen LogP contribution < -0.4 is 10.2 Å². The zero-order chi connectivity index (χ0) is 17.1. The molecule has 2 heterocycles. The minimum Gasteiger partial charge on any atom is -0.371 e. The Balaban J connectivity index is 1.84. The van der Waals surface area contributed by atoms with Crippen molar-refractivity contribution in [3.63, 3.8) is 0 Å². The predicted molar refractivity (Wildman–Crippen MR) is 97.2 cm³/mol. The number of anilines is 3. The lowest BCUT2D eigenvalue weighted by Crippen LogP contribution is -2.25. The highest BCUT2D eigenvalue weighted by Gasteiger charge is 2.10. The molecule has 3 rings (SSSR count). The molecule has 0 saturated heterocycles. The van der Waals surface area contributed by atoms with Crippen molar-refractivity contribution in [3.05, 3.63) is 54.6 Å². The summed E-state index contributed by atoms with van der Waals surface area (Å²) in [6.45, 7) is 6.27. The molecule has 0 aliphatic heterocycles. The average molecular weight is 322 g/mol. The third-order valence-electron chi connectivity index (χ3n) is 4.01. The van der Waals surface area contributed by atoms with Crippen molar-refractivity contribution in [2.45, 2.75) is 26.8 Å². The Kier molecular flexibility index (Phi) is 4.46. The van der Waals surface area contributed by atoms with Crippen LogP contribution in [0.25, 0.3) is 5.69 Å². The van der Waals surface area contributed by atoms with Crippen molar-refractivity contribution >= 4 is 17.3 Å². The van der Waals surface area contributed by atoms with Crippen LogP contribution in [0.15, 0.2) is 48.9 Å². The first-order chi connectivity index (χ1) is 11.5. The van der Waals surface area contributed by atoms with E-state index in [9.17, 15) is 0 Å². The molecule has 0 radical (unpaired) electrons. The number of pyridine rings is 1. The summed E-state index contributed by atoms with van der Waals surface area (Å²) in [5.41, 5.74) is 3.85. The zero-order valence-electron chi connectivity index (χ0n) is 14.4. The predicted octanol–water partition coefficient (Wildman–Crippen LogP) is 3.56. The van der Waals surface area contributed by atoms with Crippen LogP contribution in [-0.4, -0.2) is 32.8 Å². The second-order valence-electron chi connectivity index (χ2n) is 6.00. The van der Waals surface area contributed by atoms with Gasteiger partial charge in [-0.1, -0.05) is 18.2 Å². The van der Waals surface area contributed by atoms with Crippen molar-refractivity contribution in [3.8, 4) is 5.69 Å². The molecule has 0 fully saturated rings. The lowest BCUT2D eigenvalue weighted by Gasteiger charge is -2.24. The Morgan fingerprint density at radius 3 is 2.58 bits per heavy atom. The molecule has 1 N–H and O–H groups in total. The topological polar surface area (TPSA) is 58.9 Å². The summed E-state index contributed by atoms with van der Waals surface area (Å²) in [5.74, 6) is 0.549. The summed E-state index contributed by atoms with van der Waals surface area (Å²) in [7, 11) is 2.06. The molecule has 0 saturated carbocycles. The van der Waals surface area contributed by atoms with Crippen molar-refractivity contribution in [1.29, 1.82) is 0 Å². The second-order valence-corrected chi connectivity index (χ2v) is 6.00. The zero-order valence-corrected chi connectivity index (χ0v) is 14.4. The van der Waals surface area contributed by atoms with Gasteiger partial charge in [-0.15, -0.1) is 5.10 Å². The lowest BCUT2D eigenvalue weighted by molar-refractivity contribution is 0.752. The molecule has 2 aromatic heterocycles. The molecule has 3 aromatic rings. The monoisotopic (exact) mass is 322 g/mol. The fourth-order valence-corrected chi connectivity index (χ4v) is 2.29. The van der Waals surface area contributed by atoms with E-state index >= 15 is 0 Å². The second kappa shape index (κ2) is 6.70. The van der Waals surface area contributed by atoms with Gasteiger partial charge in [-0.25, -0.2) is 4.68 Å². The number of aryl methyl sites for hydroxylation is 1. The third kappa shape index (κ3) is 3.37. The molecule has 0 bridgehead atoms. The molecular formula is C18H22N6. The van der Waals surface area contributed by atoms with Crippen LogP contribution in [0.3, 0.4) is 0 Å². The fourth-order valence-electron chi connectivity index (χ4n) is 2.29. The Labute approximate surface area is 142 Å². The maximum atomic E-state index is 4.48.